The first kappa shape index (κ1) is 14.6. The summed E-state index contributed by atoms with van der Waals surface area (Å²) < 4.78 is 5.24. The predicted octanol–water partition coefficient (Wildman–Crippen LogP) is 2.67. The number of hydrogen-bond donors (Lipinski definition) is 1. The largest absolute Gasteiger partial charge is 0.497 e. The first-order valence-corrected chi connectivity index (χ1v) is 7.47. The van der Waals surface area contributed by atoms with Gasteiger partial charge in [-0.3, -0.25) is 4.79 Å². The highest BCUT2D eigenvalue weighted by Gasteiger charge is 2.46. The highest BCUT2D eigenvalue weighted by molar-refractivity contribution is 6.05. The lowest BCUT2D eigenvalue weighted by Crippen LogP contribution is -2.63. The number of β-lactam (4-membered cyclic amide) rings is 1. The van der Waals surface area contributed by atoms with E-state index in [1.54, 1.807) is 12.0 Å². The lowest BCUT2D eigenvalue weighted by atomic mass is 9.88. The van der Waals surface area contributed by atoms with Gasteiger partial charge in [-0.2, -0.15) is 0 Å². The molecule has 2 N–H and O–H groups in total. The number of hydrogen-bond acceptors (Lipinski definition) is 3. The van der Waals surface area contributed by atoms with Crippen molar-refractivity contribution >= 4 is 11.6 Å². The number of carbonyl (C=O) groups is 1. The molecule has 0 spiro atoms. The van der Waals surface area contributed by atoms with Crippen molar-refractivity contribution < 1.29 is 9.53 Å². The van der Waals surface area contributed by atoms with Crippen molar-refractivity contribution in [2.75, 3.05) is 12.0 Å². The lowest BCUT2D eigenvalue weighted by molar-refractivity contribution is -0.126. The van der Waals surface area contributed by atoms with Crippen LogP contribution in [0.1, 0.15) is 24.1 Å². The summed E-state index contributed by atoms with van der Waals surface area (Å²) in [6.45, 7) is 2.12. The maximum atomic E-state index is 12.2. The molecule has 1 fully saturated rings. The molecule has 1 aliphatic heterocycles. The summed E-state index contributed by atoms with van der Waals surface area (Å²) in [5.41, 5.74) is 9.20. The van der Waals surface area contributed by atoms with Gasteiger partial charge >= 0.3 is 0 Å². The zero-order chi connectivity index (χ0) is 15.7. The van der Waals surface area contributed by atoms with Crippen LogP contribution in [0.5, 0.6) is 5.75 Å². The summed E-state index contributed by atoms with van der Waals surface area (Å²) in [5, 5.41) is 0. The molecule has 1 amide bonds. The molecule has 22 heavy (non-hydrogen) atoms. The fourth-order valence-electron chi connectivity index (χ4n) is 2.87. The van der Waals surface area contributed by atoms with Crippen LogP contribution >= 0.6 is 0 Å². The van der Waals surface area contributed by atoms with E-state index in [9.17, 15) is 4.79 Å². The first-order chi connectivity index (χ1) is 10.7. The van der Waals surface area contributed by atoms with Crippen molar-refractivity contribution in [3.05, 3.63) is 59.7 Å². The maximum Gasteiger partial charge on any atom is 0.247 e. The number of carbonyl (C=O) groups excluding carboxylic acids is 1. The van der Waals surface area contributed by atoms with E-state index in [0.29, 0.717) is 0 Å². The highest BCUT2D eigenvalue weighted by Crippen LogP contribution is 2.39. The molecule has 1 saturated heterocycles. The maximum absolute atomic E-state index is 12.2. The number of rotatable bonds is 4. The molecule has 4 heteroatoms. The second kappa shape index (κ2) is 5.81. The lowest BCUT2D eigenvalue weighted by Gasteiger charge is -2.45. The Morgan fingerprint density at radius 3 is 2.55 bits per heavy atom. The third kappa shape index (κ3) is 2.35. The summed E-state index contributed by atoms with van der Waals surface area (Å²) in [5.74, 6) is 0.670. The molecule has 4 nitrogen and oxygen atoms in total. The zero-order valence-electron chi connectivity index (χ0n) is 12.8. The van der Waals surface area contributed by atoms with Crippen LogP contribution in [0.4, 0.5) is 5.69 Å². The van der Waals surface area contributed by atoms with Crippen molar-refractivity contribution in [2.24, 2.45) is 5.73 Å². The fraction of sp³-hybridized carbons (Fsp3) is 0.278. The Bertz CT molecular complexity index is 682. The molecule has 2 aromatic carbocycles. The highest BCUT2D eigenvalue weighted by atomic mass is 16.5. The molecule has 2 unspecified atom stereocenters. The van der Waals surface area contributed by atoms with E-state index in [1.165, 1.54) is 5.56 Å². The van der Waals surface area contributed by atoms with E-state index < -0.39 is 6.04 Å². The zero-order valence-corrected chi connectivity index (χ0v) is 12.8. The Morgan fingerprint density at radius 2 is 1.91 bits per heavy atom. The van der Waals surface area contributed by atoms with Gasteiger partial charge in [0.15, 0.2) is 0 Å². The SMILES string of the molecule is CCc1ccc(C2C(N)C(=O)N2c2cccc(OC)c2)cc1. The second-order valence-electron chi connectivity index (χ2n) is 5.48. The molecule has 0 radical (unpaired) electrons. The summed E-state index contributed by atoms with van der Waals surface area (Å²) in [6, 6.07) is 15.2. The van der Waals surface area contributed by atoms with Gasteiger partial charge in [-0.05, 0) is 29.7 Å². The minimum Gasteiger partial charge on any atom is -0.497 e. The molecule has 0 aliphatic carbocycles. The van der Waals surface area contributed by atoms with Gasteiger partial charge in [0.2, 0.25) is 5.91 Å². The van der Waals surface area contributed by atoms with E-state index >= 15 is 0 Å². The third-order valence-corrected chi connectivity index (χ3v) is 4.20. The minimum absolute atomic E-state index is 0.0576. The van der Waals surface area contributed by atoms with Crippen LogP contribution in [0.25, 0.3) is 0 Å². The number of benzene rings is 2. The Labute approximate surface area is 130 Å². The molecule has 1 heterocycles. The quantitative estimate of drug-likeness (QED) is 0.883. The Kier molecular flexibility index (Phi) is 3.86. The summed E-state index contributed by atoms with van der Waals surface area (Å²) >= 11 is 0. The van der Waals surface area contributed by atoms with Gasteiger partial charge in [0.1, 0.15) is 11.8 Å². The number of aryl methyl sites for hydroxylation is 1. The average molecular weight is 296 g/mol. The van der Waals surface area contributed by atoms with Crippen LogP contribution in [-0.4, -0.2) is 19.1 Å². The molecule has 0 aromatic heterocycles. The first-order valence-electron chi connectivity index (χ1n) is 7.47. The van der Waals surface area contributed by atoms with E-state index in [0.717, 1.165) is 23.4 Å². The minimum atomic E-state index is -0.487. The fourth-order valence-corrected chi connectivity index (χ4v) is 2.87. The Balaban J connectivity index is 1.93. The van der Waals surface area contributed by atoms with Gasteiger partial charge in [-0.25, -0.2) is 0 Å². The molecule has 114 valence electrons. The monoisotopic (exact) mass is 296 g/mol. The predicted molar refractivity (Wildman–Crippen MR) is 87.0 cm³/mol. The van der Waals surface area contributed by atoms with Crippen molar-refractivity contribution in [3.63, 3.8) is 0 Å². The van der Waals surface area contributed by atoms with Crippen molar-refractivity contribution in [3.8, 4) is 5.75 Å². The molecular weight excluding hydrogens is 276 g/mol. The van der Waals surface area contributed by atoms with E-state index in [1.807, 2.05) is 24.3 Å². The van der Waals surface area contributed by atoms with Crippen LogP contribution in [0.3, 0.4) is 0 Å². The second-order valence-corrected chi connectivity index (χ2v) is 5.48. The molecule has 2 aromatic rings. The number of anilines is 1. The number of nitrogens with zero attached hydrogens (tertiary/aromatic N) is 1. The topological polar surface area (TPSA) is 55.6 Å². The van der Waals surface area contributed by atoms with Gasteiger partial charge in [-0.15, -0.1) is 0 Å². The number of methoxy groups -OCH3 is 1. The average Bonchev–Trinajstić information content (AvgIpc) is 2.58. The van der Waals surface area contributed by atoms with Gasteiger partial charge in [0, 0.05) is 11.8 Å². The van der Waals surface area contributed by atoms with E-state index in [2.05, 4.69) is 31.2 Å². The van der Waals surface area contributed by atoms with Gasteiger partial charge in [0.25, 0.3) is 0 Å². The van der Waals surface area contributed by atoms with Crippen LogP contribution in [0, 0.1) is 0 Å². The van der Waals surface area contributed by atoms with Gasteiger partial charge < -0.3 is 15.4 Å². The van der Waals surface area contributed by atoms with Gasteiger partial charge in [-0.1, -0.05) is 37.3 Å². The number of ether oxygens (including phenoxy) is 1. The van der Waals surface area contributed by atoms with Crippen molar-refractivity contribution in [1.29, 1.82) is 0 Å². The van der Waals surface area contributed by atoms with E-state index in [-0.39, 0.29) is 11.9 Å². The molecule has 0 saturated carbocycles. The summed E-state index contributed by atoms with van der Waals surface area (Å²) in [6.07, 6.45) is 0.996. The summed E-state index contributed by atoms with van der Waals surface area (Å²) in [7, 11) is 1.61. The molecule has 0 bridgehead atoms. The molecule has 2 atom stereocenters. The third-order valence-electron chi connectivity index (χ3n) is 4.20. The Morgan fingerprint density at radius 1 is 1.18 bits per heavy atom. The standard InChI is InChI=1S/C18H20N2O2/c1-3-12-7-9-13(10-8-12)17-16(19)18(21)20(17)14-5-4-6-15(11-14)22-2/h4-11,16-17H,3,19H2,1-2H3. The summed E-state index contributed by atoms with van der Waals surface area (Å²) in [4.78, 5) is 14.0. The van der Waals surface area contributed by atoms with E-state index in [4.69, 9.17) is 10.5 Å². The van der Waals surface area contributed by atoms with Crippen LogP contribution < -0.4 is 15.4 Å². The van der Waals surface area contributed by atoms with Gasteiger partial charge in [0.05, 0.1) is 13.2 Å². The normalized spacial score (nSPS) is 20.7. The van der Waals surface area contributed by atoms with Crippen molar-refractivity contribution in [2.45, 2.75) is 25.4 Å². The Hall–Kier alpha value is -2.33. The van der Waals surface area contributed by atoms with Crippen LogP contribution in [0.2, 0.25) is 0 Å². The molecule has 1 aliphatic rings. The molecule has 3 rings (SSSR count). The van der Waals surface area contributed by atoms with Crippen molar-refractivity contribution in [1.82, 2.24) is 0 Å². The smallest absolute Gasteiger partial charge is 0.247 e. The number of amides is 1. The number of nitrogens with two attached hydrogens (primary N) is 1. The van der Waals surface area contributed by atoms with Crippen LogP contribution in [0.15, 0.2) is 48.5 Å². The molecular formula is C18H20N2O2. The van der Waals surface area contributed by atoms with Crippen LogP contribution in [-0.2, 0) is 11.2 Å².